The zero-order valence-electron chi connectivity index (χ0n) is 19.0. The number of hydrogen-bond acceptors (Lipinski definition) is 5. The van der Waals surface area contributed by atoms with Crippen molar-refractivity contribution in [2.45, 2.75) is 58.1 Å². The smallest absolute Gasteiger partial charge is 0.323 e. The zero-order valence-corrected chi connectivity index (χ0v) is 20.5. The molecule has 2 heterocycles. The summed E-state index contributed by atoms with van der Waals surface area (Å²) in [7, 11) is 1.50. The molecule has 1 atom stereocenters. The second-order valence-corrected chi connectivity index (χ2v) is 10.2. The van der Waals surface area contributed by atoms with Crippen LogP contribution in [0, 0.1) is 11.8 Å². The van der Waals surface area contributed by atoms with Gasteiger partial charge in [0.15, 0.2) is 0 Å². The number of benzene rings is 1. The van der Waals surface area contributed by atoms with Crippen molar-refractivity contribution in [1.82, 2.24) is 9.80 Å². The van der Waals surface area contributed by atoms with Gasteiger partial charge in [0.2, 0.25) is 0 Å². The molecule has 2 aliphatic rings. The van der Waals surface area contributed by atoms with E-state index in [9.17, 15) is 4.79 Å². The fourth-order valence-corrected chi connectivity index (χ4v) is 5.03. The van der Waals surface area contributed by atoms with E-state index >= 15 is 0 Å². The van der Waals surface area contributed by atoms with Gasteiger partial charge in [0.1, 0.15) is 17.9 Å². The van der Waals surface area contributed by atoms with Crippen LogP contribution in [0.5, 0.6) is 5.75 Å². The highest BCUT2D eigenvalue weighted by Gasteiger charge is 2.32. The molecular weight excluding hydrogens is 435 g/mol. The summed E-state index contributed by atoms with van der Waals surface area (Å²) < 4.78 is 11.2. The fourth-order valence-electron chi connectivity index (χ4n) is 4.74. The van der Waals surface area contributed by atoms with Crippen LogP contribution >= 0.6 is 23.2 Å². The van der Waals surface area contributed by atoms with Gasteiger partial charge in [-0.1, -0.05) is 37.0 Å². The van der Waals surface area contributed by atoms with Crippen molar-refractivity contribution >= 4 is 29.2 Å². The number of rotatable bonds is 8. The summed E-state index contributed by atoms with van der Waals surface area (Å²) in [6.07, 6.45) is 5.43. The average Bonchev–Trinajstić information content (AvgIpc) is 2.76. The lowest BCUT2D eigenvalue weighted by Crippen LogP contribution is -2.48. The Hall–Kier alpha value is -1.01. The van der Waals surface area contributed by atoms with Crippen molar-refractivity contribution < 1.29 is 14.3 Å². The van der Waals surface area contributed by atoms with Crippen LogP contribution in [0.15, 0.2) is 18.2 Å². The van der Waals surface area contributed by atoms with E-state index in [-0.39, 0.29) is 18.1 Å². The maximum absolute atomic E-state index is 12.2. The first kappa shape index (κ1) is 24.6. The van der Waals surface area contributed by atoms with Crippen molar-refractivity contribution in [2.75, 3.05) is 39.8 Å². The van der Waals surface area contributed by atoms with Gasteiger partial charge < -0.3 is 14.4 Å². The number of nitrogens with zero attached hydrogens (tertiary/aromatic N) is 2. The fraction of sp³-hybridized carbons (Fsp3) is 0.708. The molecule has 7 heteroatoms. The number of hydrogen-bond donors (Lipinski definition) is 0. The van der Waals surface area contributed by atoms with Crippen LogP contribution in [0.3, 0.4) is 0 Å². The maximum atomic E-state index is 12.2. The van der Waals surface area contributed by atoms with Crippen LogP contribution in [-0.2, 0) is 9.53 Å². The van der Waals surface area contributed by atoms with Crippen molar-refractivity contribution in [3.8, 4) is 5.75 Å². The molecule has 0 saturated carbocycles. The van der Waals surface area contributed by atoms with Gasteiger partial charge in [0.25, 0.3) is 0 Å². The Balaban J connectivity index is 1.40. The topological polar surface area (TPSA) is 42.0 Å². The number of piperidine rings is 2. The predicted molar refractivity (Wildman–Crippen MR) is 126 cm³/mol. The van der Waals surface area contributed by atoms with E-state index in [0.29, 0.717) is 21.9 Å². The number of likely N-dealkylation sites (tertiary alicyclic amines) is 2. The summed E-state index contributed by atoms with van der Waals surface area (Å²) in [6, 6.07) is 5.37. The van der Waals surface area contributed by atoms with Crippen molar-refractivity contribution in [3.63, 3.8) is 0 Å². The molecule has 0 bridgehead atoms. The molecule has 0 N–H and O–H groups in total. The van der Waals surface area contributed by atoms with Gasteiger partial charge in [-0.3, -0.25) is 9.69 Å². The highest BCUT2D eigenvalue weighted by molar-refractivity contribution is 6.42. The minimum Gasteiger partial charge on any atom is -0.490 e. The largest absolute Gasteiger partial charge is 0.490 e. The number of carbonyl (C=O) groups is 1. The van der Waals surface area contributed by atoms with E-state index in [1.54, 1.807) is 12.1 Å². The van der Waals surface area contributed by atoms with E-state index < -0.39 is 0 Å². The second-order valence-electron chi connectivity index (χ2n) is 9.34. The summed E-state index contributed by atoms with van der Waals surface area (Å²) in [5.41, 5.74) is 0. The quantitative estimate of drug-likeness (QED) is 0.492. The summed E-state index contributed by atoms with van der Waals surface area (Å²) in [5, 5.41) is 1.09. The Morgan fingerprint density at radius 3 is 2.32 bits per heavy atom. The van der Waals surface area contributed by atoms with Crippen molar-refractivity contribution in [1.29, 1.82) is 0 Å². The van der Waals surface area contributed by atoms with Gasteiger partial charge in [0.05, 0.1) is 17.2 Å². The molecule has 0 spiro atoms. The third-order valence-electron chi connectivity index (χ3n) is 6.50. The van der Waals surface area contributed by atoms with Gasteiger partial charge in [-0.05, 0) is 69.2 Å². The van der Waals surface area contributed by atoms with Crippen LogP contribution in [0.1, 0.15) is 46.0 Å². The van der Waals surface area contributed by atoms with Crippen LogP contribution < -0.4 is 4.74 Å². The number of halogens is 2. The Kier molecular flexibility index (Phi) is 9.32. The summed E-state index contributed by atoms with van der Waals surface area (Å²) in [5.74, 6) is 1.88. The predicted octanol–water partition coefficient (Wildman–Crippen LogP) is 5.14. The molecule has 1 aromatic carbocycles. The minimum absolute atomic E-state index is 0.0869. The minimum atomic E-state index is -0.0970. The third kappa shape index (κ3) is 7.24. The molecular formula is C24H36Cl2N2O3. The number of ether oxygens (including phenoxy) is 2. The zero-order chi connectivity index (χ0) is 22.4. The molecule has 3 rings (SSSR count). The molecule has 174 valence electrons. The monoisotopic (exact) mass is 470 g/mol. The molecule has 0 radical (unpaired) electrons. The molecule has 0 aromatic heterocycles. The van der Waals surface area contributed by atoms with E-state index in [0.717, 1.165) is 70.6 Å². The van der Waals surface area contributed by atoms with Crippen LogP contribution in [0.4, 0.5) is 0 Å². The van der Waals surface area contributed by atoms with Gasteiger partial charge in [-0.15, -0.1) is 0 Å². The molecule has 2 saturated heterocycles. The summed E-state index contributed by atoms with van der Waals surface area (Å²) >= 11 is 12.1. The first-order chi connectivity index (χ1) is 14.9. The molecule has 1 aromatic rings. The highest BCUT2D eigenvalue weighted by Crippen LogP contribution is 2.29. The SMILES string of the molecule is COC(=O)[C@H](CC(C)C)N1CCC(CN2CCC(Oc3ccc(Cl)c(Cl)c3)CC2)CC1. The second kappa shape index (κ2) is 11.7. The lowest BCUT2D eigenvalue weighted by Gasteiger charge is -2.39. The maximum Gasteiger partial charge on any atom is 0.323 e. The van der Waals surface area contributed by atoms with Gasteiger partial charge in [-0.25, -0.2) is 0 Å². The highest BCUT2D eigenvalue weighted by atomic mass is 35.5. The molecule has 0 amide bonds. The summed E-state index contributed by atoms with van der Waals surface area (Å²) in [4.78, 5) is 17.1. The lowest BCUT2D eigenvalue weighted by atomic mass is 9.92. The van der Waals surface area contributed by atoms with Crippen molar-refractivity contribution in [2.24, 2.45) is 11.8 Å². The normalized spacial score (nSPS) is 20.7. The molecule has 2 aliphatic heterocycles. The Morgan fingerprint density at radius 2 is 1.74 bits per heavy atom. The van der Waals surface area contributed by atoms with E-state index in [1.807, 2.05) is 6.07 Å². The van der Waals surface area contributed by atoms with Gasteiger partial charge in [0, 0.05) is 25.7 Å². The van der Waals surface area contributed by atoms with Crippen molar-refractivity contribution in [3.05, 3.63) is 28.2 Å². The first-order valence-electron chi connectivity index (χ1n) is 11.5. The lowest BCUT2D eigenvalue weighted by molar-refractivity contribution is -0.148. The van der Waals surface area contributed by atoms with E-state index in [2.05, 4.69) is 23.6 Å². The van der Waals surface area contributed by atoms with Crippen LogP contribution in [-0.4, -0.2) is 67.7 Å². The summed E-state index contributed by atoms with van der Waals surface area (Å²) in [6.45, 7) is 9.55. The Bertz CT molecular complexity index is 715. The molecule has 2 fully saturated rings. The number of methoxy groups -OCH3 is 1. The number of esters is 1. The Morgan fingerprint density at radius 1 is 1.06 bits per heavy atom. The molecule has 0 unspecified atom stereocenters. The van der Waals surface area contributed by atoms with Crippen LogP contribution in [0.2, 0.25) is 10.0 Å². The number of carbonyl (C=O) groups excluding carboxylic acids is 1. The van der Waals surface area contributed by atoms with Gasteiger partial charge >= 0.3 is 5.97 Å². The van der Waals surface area contributed by atoms with E-state index in [1.165, 1.54) is 7.11 Å². The van der Waals surface area contributed by atoms with Gasteiger partial charge in [-0.2, -0.15) is 0 Å². The van der Waals surface area contributed by atoms with Crippen LogP contribution in [0.25, 0.3) is 0 Å². The molecule has 5 nitrogen and oxygen atoms in total. The molecule has 0 aliphatic carbocycles. The third-order valence-corrected chi connectivity index (χ3v) is 7.24. The molecule has 31 heavy (non-hydrogen) atoms. The first-order valence-corrected chi connectivity index (χ1v) is 12.3. The van der Waals surface area contributed by atoms with E-state index in [4.69, 9.17) is 32.7 Å². The average molecular weight is 471 g/mol. The Labute approximate surface area is 197 Å². The standard InChI is InChI=1S/C24H36Cl2N2O3/c1-17(2)14-23(24(29)30-3)28-12-6-18(7-13-28)16-27-10-8-19(9-11-27)31-20-4-5-21(25)22(26)15-20/h4-5,15,17-19,23H,6-14,16H2,1-3H3/t23-/m0/s1.